The van der Waals surface area contributed by atoms with Crippen LogP contribution in [0, 0.1) is 0 Å². The molecule has 2 aliphatic rings. The number of amides is 2. The summed E-state index contributed by atoms with van der Waals surface area (Å²) in [5.74, 6) is -0.617. The fraction of sp³-hybridized carbons (Fsp3) is 0.619. The molecular formula is C21H31FN4O3. The van der Waals surface area contributed by atoms with Gasteiger partial charge in [0.05, 0.1) is 0 Å². The van der Waals surface area contributed by atoms with Crippen LogP contribution in [0.1, 0.15) is 24.5 Å². The molecule has 0 saturated carbocycles. The van der Waals surface area contributed by atoms with Gasteiger partial charge in [0, 0.05) is 71.9 Å². The van der Waals surface area contributed by atoms with Crippen LogP contribution in [0.5, 0.6) is 0 Å². The van der Waals surface area contributed by atoms with E-state index in [1.165, 1.54) is 16.0 Å². The Bertz CT molecular complexity index is 699. The molecule has 0 aliphatic carbocycles. The molecule has 2 saturated heterocycles. The second kappa shape index (κ2) is 10.1. The van der Waals surface area contributed by atoms with Crippen LogP contribution >= 0.6 is 0 Å². The van der Waals surface area contributed by atoms with E-state index in [4.69, 9.17) is 5.11 Å². The van der Waals surface area contributed by atoms with Gasteiger partial charge < -0.3 is 14.9 Å². The molecule has 29 heavy (non-hydrogen) atoms. The fourth-order valence-corrected chi connectivity index (χ4v) is 4.00. The molecule has 8 heteroatoms. The van der Waals surface area contributed by atoms with Crippen molar-refractivity contribution in [2.45, 2.75) is 32.8 Å². The van der Waals surface area contributed by atoms with Crippen molar-refractivity contribution >= 4 is 11.8 Å². The predicted molar refractivity (Wildman–Crippen MR) is 108 cm³/mol. The molecule has 0 bridgehead atoms. The van der Waals surface area contributed by atoms with Crippen LogP contribution in [0.25, 0.3) is 0 Å². The summed E-state index contributed by atoms with van der Waals surface area (Å²) in [5.41, 5.74) is 2.53. The molecule has 0 radical (unpaired) electrons. The van der Waals surface area contributed by atoms with Gasteiger partial charge in [0.2, 0.25) is 5.91 Å². The molecule has 1 unspecified atom stereocenters. The van der Waals surface area contributed by atoms with Gasteiger partial charge in [-0.1, -0.05) is 31.2 Å². The Hall–Kier alpha value is -2.03. The van der Waals surface area contributed by atoms with Gasteiger partial charge in [-0.05, 0) is 11.1 Å². The van der Waals surface area contributed by atoms with E-state index in [1.807, 2.05) is 17.9 Å². The highest BCUT2D eigenvalue weighted by atomic mass is 19.1. The van der Waals surface area contributed by atoms with Crippen LogP contribution < -0.4 is 0 Å². The SMILES string of the molecule is CCC(=O)N1CCN(Cc2ccccc2CN2CCN(C(=O)C(O)F)CC2)CC1. The van der Waals surface area contributed by atoms with Crippen LogP contribution in [0.2, 0.25) is 0 Å². The Morgan fingerprint density at radius 2 is 1.34 bits per heavy atom. The van der Waals surface area contributed by atoms with Gasteiger partial charge >= 0.3 is 0 Å². The molecule has 160 valence electrons. The first-order valence-electron chi connectivity index (χ1n) is 10.4. The van der Waals surface area contributed by atoms with E-state index in [0.717, 1.165) is 39.3 Å². The molecule has 7 nitrogen and oxygen atoms in total. The number of benzene rings is 1. The lowest BCUT2D eigenvalue weighted by atomic mass is 10.1. The lowest BCUT2D eigenvalue weighted by Crippen LogP contribution is -2.50. The van der Waals surface area contributed by atoms with Crippen molar-refractivity contribution in [3.05, 3.63) is 35.4 Å². The average molecular weight is 407 g/mol. The van der Waals surface area contributed by atoms with Gasteiger partial charge in [0.1, 0.15) is 0 Å². The maximum absolute atomic E-state index is 12.8. The minimum absolute atomic E-state index is 0.225. The molecule has 2 heterocycles. The summed E-state index contributed by atoms with van der Waals surface area (Å²) >= 11 is 0. The van der Waals surface area contributed by atoms with Gasteiger partial charge in [-0.15, -0.1) is 0 Å². The fourth-order valence-electron chi connectivity index (χ4n) is 4.00. The van der Waals surface area contributed by atoms with E-state index in [0.29, 0.717) is 32.6 Å². The third kappa shape index (κ3) is 5.74. The van der Waals surface area contributed by atoms with E-state index in [-0.39, 0.29) is 5.91 Å². The number of hydrogen-bond acceptors (Lipinski definition) is 5. The largest absolute Gasteiger partial charge is 0.357 e. The molecular weight excluding hydrogens is 375 g/mol. The van der Waals surface area contributed by atoms with Crippen molar-refractivity contribution in [1.29, 1.82) is 0 Å². The summed E-state index contributed by atoms with van der Waals surface area (Å²) in [6.07, 6.45) is -1.86. The topological polar surface area (TPSA) is 67.3 Å². The number of piperazine rings is 2. The number of aliphatic hydroxyl groups is 1. The monoisotopic (exact) mass is 406 g/mol. The molecule has 0 spiro atoms. The van der Waals surface area contributed by atoms with Crippen LogP contribution in [0.3, 0.4) is 0 Å². The van der Waals surface area contributed by atoms with E-state index in [9.17, 15) is 14.0 Å². The first-order chi connectivity index (χ1) is 14.0. The summed E-state index contributed by atoms with van der Waals surface area (Å²) in [5, 5.41) is 8.83. The highest BCUT2D eigenvalue weighted by Crippen LogP contribution is 2.17. The van der Waals surface area contributed by atoms with Crippen molar-refractivity contribution in [1.82, 2.24) is 19.6 Å². The quantitative estimate of drug-likeness (QED) is 0.752. The van der Waals surface area contributed by atoms with Gasteiger partial charge in [-0.3, -0.25) is 19.4 Å². The van der Waals surface area contributed by atoms with E-state index < -0.39 is 12.3 Å². The molecule has 2 aliphatic heterocycles. The van der Waals surface area contributed by atoms with Crippen LogP contribution in [-0.2, 0) is 22.7 Å². The van der Waals surface area contributed by atoms with Crippen LogP contribution in [0.4, 0.5) is 4.39 Å². The predicted octanol–water partition coefficient (Wildman–Crippen LogP) is 0.673. The Balaban J connectivity index is 1.52. The minimum atomic E-state index is -2.42. The first-order valence-corrected chi connectivity index (χ1v) is 10.4. The Morgan fingerprint density at radius 1 is 0.897 bits per heavy atom. The zero-order valence-corrected chi connectivity index (χ0v) is 17.1. The van der Waals surface area contributed by atoms with E-state index in [2.05, 4.69) is 28.0 Å². The summed E-state index contributed by atoms with van der Waals surface area (Å²) in [7, 11) is 0. The van der Waals surface area contributed by atoms with Gasteiger partial charge in [0.25, 0.3) is 12.3 Å². The molecule has 2 amide bonds. The van der Waals surface area contributed by atoms with Gasteiger partial charge in [0.15, 0.2) is 0 Å². The van der Waals surface area contributed by atoms with E-state index in [1.54, 1.807) is 0 Å². The third-order valence-electron chi connectivity index (χ3n) is 5.82. The molecule has 3 rings (SSSR count). The number of carbonyl (C=O) groups is 2. The third-order valence-corrected chi connectivity index (χ3v) is 5.82. The number of aliphatic hydroxyl groups excluding tert-OH is 1. The molecule has 1 N–H and O–H groups in total. The highest BCUT2D eigenvalue weighted by molar-refractivity contribution is 5.79. The molecule has 2 fully saturated rings. The maximum atomic E-state index is 12.8. The number of hydrogen-bond donors (Lipinski definition) is 1. The van der Waals surface area contributed by atoms with Crippen LogP contribution in [-0.4, -0.2) is 95.2 Å². The lowest BCUT2D eigenvalue weighted by Gasteiger charge is -2.36. The minimum Gasteiger partial charge on any atom is -0.357 e. The highest BCUT2D eigenvalue weighted by Gasteiger charge is 2.26. The van der Waals surface area contributed by atoms with Crippen molar-refractivity contribution in [2.24, 2.45) is 0 Å². The smallest absolute Gasteiger partial charge is 0.284 e. The molecule has 0 aromatic heterocycles. The zero-order chi connectivity index (χ0) is 20.8. The van der Waals surface area contributed by atoms with Gasteiger partial charge in [-0.25, -0.2) is 4.39 Å². The Morgan fingerprint density at radius 3 is 1.76 bits per heavy atom. The number of rotatable bonds is 6. The Kier molecular flexibility index (Phi) is 7.57. The van der Waals surface area contributed by atoms with Gasteiger partial charge in [-0.2, -0.15) is 0 Å². The molecule has 1 aromatic carbocycles. The molecule has 1 atom stereocenters. The number of carbonyl (C=O) groups excluding carboxylic acids is 2. The van der Waals surface area contributed by atoms with Crippen molar-refractivity contribution in [2.75, 3.05) is 52.4 Å². The summed E-state index contributed by atoms with van der Waals surface area (Å²) in [4.78, 5) is 31.4. The van der Waals surface area contributed by atoms with Crippen molar-refractivity contribution in [3.63, 3.8) is 0 Å². The van der Waals surface area contributed by atoms with Crippen molar-refractivity contribution < 1.29 is 19.1 Å². The average Bonchev–Trinajstić information content (AvgIpc) is 2.75. The summed E-state index contributed by atoms with van der Waals surface area (Å²) in [6, 6.07) is 8.37. The lowest BCUT2D eigenvalue weighted by molar-refractivity contribution is -0.151. The number of nitrogens with zero attached hydrogens (tertiary/aromatic N) is 4. The second-order valence-electron chi connectivity index (χ2n) is 7.72. The number of halogens is 1. The second-order valence-corrected chi connectivity index (χ2v) is 7.72. The standard InChI is InChI=1S/C21H31FN4O3/c1-2-19(27)25-11-7-23(8-12-25)15-17-5-3-4-6-18(17)16-24-9-13-26(14-10-24)21(29)20(22)28/h3-6,20,28H,2,7-16H2,1H3. The summed E-state index contributed by atoms with van der Waals surface area (Å²) in [6.45, 7) is 9.04. The Labute approximate surface area is 171 Å². The number of alkyl halides is 1. The van der Waals surface area contributed by atoms with Crippen LogP contribution in [0.15, 0.2) is 24.3 Å². The normalized spacial score (nSPS) is 20.0. The van der Waals surface area contributed by atoms with Crippen molar-refractivity contribution in [3.8, 4) is 0 Å². The first kappa shape index (κ1) is 21.7. The molecule has 1 aromatic rings. The van der Waals surface area contributed by atoms with E-state index >= 15 is 0 Å². The maximum Gasteiger partial charge on any atom is 0.284 e. The summed E-state index contributed by atoms with van der Waals surface area (Å²) < 4.78 is 12.8. The zero-order valence-electron chi connectivity index (χ0n) is 17.1.